The molecule has 6 rings (SSSR count). The van der Waals surface area contributed by atoms with Gasteiger partial charge in [0.25, 0.3) is 0 Å². The van der Waals surface area contributed by atoms with Crippen molar-refractivity contribution in [3.05, 3.63) is 46.7 Å². The molecule has 7 nitrogen and oxygen atoms in total. The van der Waals surface area contributed by atoms with E-state index in [0.717, 1.165) is 40.9 Å². The largest absolute Gasteiger partial charge is 0.485 e. The van der Waals surface area contributed by atoms with E-state index in [2.05, 4.69) is 50.0 Å². The molecule has 1 aliphatic carbocycles. The van der Waals surface area contributed by atoms with Crippen LogP contribution in [-0.4, -0.2) is 39.1 Å². The van der Waals surface area contributed by atoms with Crippen molar-refractivity contribution < 1.29 is 4.74 Å². The summed E-state index contributed by atoms with van der Waals surface area (Å²) < 4.78 is 5.94. The van der Waals surface area contributed by atoms with Gasteiger partial charge in [-0.2, -0.15) is 0 Å². The number of nitrogens with zero attached hydrogens (tertiary/aromatic N) is 3. The Morgan fingerprint density at radius 1 is 1.21 bits per heavy atom. The van der Waals surface area contributed by atoms with Gasteiger partial charge < -0.3 is 20.4 Å². The van der Waals surface area contributed by atoms with Crippen molar-refractivity contribution in [1.82, 2.24) is 19.9 Å². The Hall–Kier alpha value is -3.13. The minimum atomic E-state index is 0.240. The maximum Gasteiger partial charge on any atom is 0.204 e. The first kappa shape index (κ1) is 16.8. The highest BCUT2D eigenvalue weighted by molar-refractivity contribution is 7.14. The van der Waals surface area contributed by atoms with Gasteiger partial charge in [0.15, 0.2) is 17.5 Å². The highest BCUT2D eigenvalue weighted by Crippen LogP contribution is 2.38. The lowest BCUT2D eigenvalue weighted by Gasteiger charge is -2.27. The van der Waals surface area contributed by atoms with E-state index in [1.165, 1.54) is 22.0 Å². The number of rotatable bonds is 3. The Morgan fingerprint density at radius 3 is 3.03 bits per heavy atom. The van der Waals surface area contributed by atoms with Gasteiger partial charge in [0.2, 0.25) is 5.75 Å². The molecular formula is C21H20N6OS. The van der Waals surface area contributed by atoms with Crippen LogP contribution in [0, 0.1) is 6.92 Å². The van der Waals surface area contributed by atoms with Crippen molar-refractivity contribution in [1.29, 1.82) is 0 Å². The van der Waals surface area contributed by atoms with Crippen LogP contribution in [0.1, 0.15) is 16.1 Å². The number of aromatic amines is 1. The first-order valence-electron chi connectivity index (χ1n) is 9.80. The predicted molar refractivity (Wildman–Crippen MR) is 115 cm³/mol. The Kier molecular flexibility index (Phi) is 3.73. The van der Waals surface area contributed by atoms with Gasteiger partial charge in [-0.1, -0.05) is 12.1 Å². The summed E-state index contributed by atoms with van der Waals surface area (Å²) in [5.74, 6) is 2.88. The van der Waals surface area contributed by atoms with E-state index in [0.29, 0.717) is 18.2 Å². The maximum absolute atomic E-state index is 5.94. The summed E-state index contributed by atoms with van der Waals surface area (Å²) >= 11 is 1.60. The van der Waals surface area contributed by atoms with Gasteiger partial charge in [-0.25, -0.2) is 15.0 Å². The number of hydrogen-bond acceptors (Lipinski definition) is 7. The first-order valence-corrected chi connectivity index (χ1v) is 10.6. The molecule has 0 spiro atoms. The number of nitrogens with one attached hydrogen (secondary N) is 3. The Balaban J connectivity index is 1.37. The average Bonchev–Trinajstić information content (AvgIpc) is 3.36. The van der Waals surface area contributed by atoms with Crippen LogP contribution in [0.15, 0.2) is 30.6 Å². The van der Waals surface area contributed by atoms with Gasteiger partial charge in [-0.3, -0.25) is 0 Å². The number of hydrogen-bond donors (Lipinski definition) is 3. The smallest absolute Gasteiger partial charge is 0.204 e. The van der Waals surface area contributed by atoms with E-state index >= 15 is 0 Å². The number of benzene rings is 1. The molecule has 1 aliphatic heterocycles. The Morgan fingerprint density at radius 2 is 2.14 bits per heavy atom. The average molecular weight is 404 g/mol. The SMILES string of the molecule is Cc1ncc(-c2nc3c(c(N[C@@H]4Cc5cccc6[nH]cc(c56)C4)n2)OCCN3)s1. The summed E-state index contributed by atoms with van der Waals surface area (Å²) in [4.78, 5) is 18.2. The molecule has 4 aromatic rings. The number of aromatic nitrogens is 4. The van der Waals surface area contributed by atoms with Gasteiger partial charge in [-0.05, 0) is 37.0 Å². The third-order valence-electron chi connectivity index (χ3n) is 5.50. The number of anilines is 2. The monoisotopic (exact) mass is 404 g/mol. The summed E-state index contributed by atoms with van der Waals surface area (Å²) in [6.45, 7) is 3.34. The number of H-pyrrole nitrogens is 1. The van der Waals surface area contributed by atoms with Crippen LogP contribution >= 0.6 is 11.3 Å². The third kappa shape index (κ3) is 2.82. The molecule has 1 aromatic carbocycles. The molecule has 0 amide bonds. The number of ether oxygens (including phenoxy) is 1. The lowest BCUT2D eigenvalue weighted by molar-refractivity contribution is 0.321. The van der Waals surface area contributed by atoms with Gasteiger partial charge >= 0.3 is 0 Å². The maximum atomic E-state index is 5.94. The van der Waals surface area contributed by atoms with Crippen LogP contribution in [0.3, 0.4) is 0 Å². The zero-order chi connectivity index (χ0) is 19.4. The van der Waals surface area contributed by atoms with Crippen LogP contribution in [0.2, 0.25) is 0 Å². The number of aryl methyl sites for hydroxylation is 1. The molecule has 0 radical (unpaired) electrons. The molecular weight excluding hydrogens is 384 g/mol. The zero-order valence-electron chi connectivity index (χ0n) is 16.0. The molecule has 0 saturated heterocycles. The fourth-order valence-corrected chi connectivity index (χ4v) is 4.98. The molecule has 0 saturated carbocycles. The van der Waals surface area contributed by atoms with Crippen molar-refractivity contribution in [3.8, 4) is 16.5 Å². The van der Waals surface area contributed by atoms with Crippen molar-refractivity contribution in [2.24, 2.45) is 0 Å². The summed E-state index contributed by atoms with van der Waals surface area (Å²) in [6.07, 6.45) is 5.85. The van der Waals surface area contributed by atoms with Gasteiger partial charge in [0.05, 0.1) is 16.4 Å². The van der Waals surface area contributed by atoms with Gasteiger partial charge in [0.1, 0.15) is 6.61 Å². The quantitative estimate of drug-likeness (QED) is 0.482. The standard InChI is InChI=1S/C21H20N6OS/c1-11-23-10-16(29-11)19-26-20-18(28-6-5-22-20)21(27-19)25-14-7-12-3-2-4-15-17(12)13(8-14)9-24-15/h2-4,9-10,14,24H,5-8H2,1H3,(H2,22,25,26,27)/t14-/m1/s1. The molecule has 3 N–H and O–H groups in total. The molecule has 1 atom stereocenters. The molecule has 2 aliphatic rings. The second-order valence-corrected chi connectivity index (χ2v) is 8.73. The summed E-state index contributed by atoms with van der Waals surface area (Å²) in [6, 6.07) is 6.71. The van der Waals surface area contributed by atoms with Gasteiger partial charge in [0, 0.05) is 29.3 Å². The molecule has 3 aromatic heterocycles. The van der Waals surface area contributed by atoms with E-state index in [1.807, 2.05) is 13.1 Å². The molecule has 0 unspecified atom stereocenters. The summed E-state index contributed by atoms with van der Waals surface area (Å²) in [5.41, 5.74) is 3.92. The minimum absolute atomic E-state index is 0.240. The second kappa shape index (κ2) is 6.45. The Bertz CT molecular complexity index is 1230. The van der Waals surface area contributed by atoms with Crippen molar-refractivity contribution >= 4 is 33.9 Å². The molecule has 4 heterocycles. The molecule has 29 heavy (non-hydrogen) atoms. The van der Waals surface area contributed by atoms with Gasteiger partial charge in [-0.15, -0.1) is 11.3 Å². The van der Waals surface area contributed by atoms with Crippen LogP contribution in [0.25, 0.3) is 21.6 Å². The topological polar surface area (TPSA) is 87.8 Å². The Labute approximate surface area is 171 Å². The van der Waals surface area contributed by atoms with E-state index in [9.17, 15) is 0 Å². The van der Waals surface area contributed by atoms with E-state index in [4.69, 9.17) is 9.72 Å². The first-order chi connectivity index (χ1) is 14.2. The number of thiazole rings is 1. The summed E-state index contributed by atoms with van der Waals surface area (Å²) in [5, 5.41) is 9.37. The van der Waals surface area contributed by atoms with E-state index in [1.54, 1.807) is 11.3 Å². The normalized spacial score (nSPS) is 17.5. The number of fused-ring (bicyclic) bond motifs is 1. The van der Waals surface area contributed by atoms with E-state index in [-0.39, 0.29) is 6.04 Å². The molecule has 0 fully saturated rings. The fourth-order valence-electron chi connectivity index (χ4n) is 4.27. The fraction of sp³-hybridized carbons (Fsp3) is 0.286. The molecule has 8 heteroatoms. The van der Waals surface area contributed by atoms with Crippen LogP contribution in [0.5, 0.6) is 5.75 Å². The van der Waals surface area contributed by atoms with Crippen molar-refractivity contribution in [2.45, 2.75) is 25.8 Å². The molecule has 0 bridgehead atoms. The van der Waals surface area contributed by atoms with Crippen molar-refractivity contribution in [3.63, 3.8) is 0 Å². The van der Waals surface area contributed by atoms with Crippen LogP contribution in [-0.2, 0) is 12.8 Å². The van der Waals surface area contributed by atoms with Crippen LogP contribution in [0.4, 0.5) is 11.6 Å². The lowest BCUT2D eigenvalue weighted by atomic mass is 9.89. The zero-order valence-corrected chi connectivity index (χ0v) is 16.8. The third-order valence-corrected chi connectivity index (χ3v) is 6.40. The molecule has 146 valence electrons. The predicted octanol–water partition coefficient (Wildman–Crippen LogP) is 3.77. The second-order valence-electron chi connectivity index (χ2n) is 7.50. The highest BCUT2D eigenvalue weighted by Gasteiger charge is 2.26. The summed E-state index contributed by atoms with van der Waals surface area (Å²) in [7, 11) is 0. The minimum Gasteiger partial charge on any atom is -0.485 e. The van der Waals surface area contributed by atoms with Crippen molar-refractivity contribution in [2.75, 3.05) is 23.8 Å². The highest BCUT2D eigenvalue weighted by atomic mass is 32.1. The van der Waals surface area contributed by atoms with E-state index < -0.39 is 0 Å². The van der Waals surface area contributed by atoms with Crippen LogP contribution < -0.4 is 15.4 Å². The lowest BCUT2D eigenvalue weighted by Crippen LogP contribution is -2.29.